The van der Waals surface area contributed by atoms with E-state index >= 15 is 0 Å². The zero-order valence-corrected chi connectivity index (χ0v) is 16.3. The second-order valence-electron chi connectivity index (χ2n) is 6.64. The van der Waals surface area contributed by atoms with Gasteiger partial charge in [-0.1, -0.05) is 13.8 Å². The third-order valence-electron chi connectivity index (χ3n) is 3.93. The standard InChI is InChI=1S/C17H34N2O8/c1-11(2)18-4-5-24-6-7-25-8-9-26-17-14(19-12(3)21)16(23)15(22)13(10-20)27-17/h11,13-18,20,22-23H,4-10H2,1-3H3,(H,19,21). The summed E-state index contributed by atoms with van der Waals surface area (Å²) in [6.45, 7) is 7.62. The van der Waals surface area contributed by atoms with Crippen molar-refractivity contribution in [3.63, 3.8) is 0 Å². The van der Waals surface area contributed by atoms with Crippen LogP contribution in [0.5, 0.6) is 0 Å². The zero-order chi connectivity index (χ0) is 20.2. The van der Waals surface area contributed by atoms with Crippen molar-refractivity contribution in [1.82, 2.24) is 10.6 Å². The maximum atomic E-state index is 11.3. The summed E-state index contributed by atoms with van der Waals surface area (Å²) in [6, 6.07) is -0.521. The molecule has 1 aliphatic heterocycles. The highest BCUT2D eigenvalue weighted by molar-refractivity contribution is 5.73. The van der Waals surface area contributed by atoms with Gasteiger partial charge in [0.1, 0.15) is 24.4 Å². The molecule has 5 unspecified atom stereocenters. The molecule has 1 rings (SSSR count). The van der Waals surface area contributed by atoms with Crippen molar-refractivity contribution in [1.29, 1.82) is 0 Å². The molecule has 1 aliphatic rings. The Hall–Kier alpha value is -0.850. The summed E-state index contributed by atoms with van der Waals surface area (Å²) in [4.78, 5) is 11.3. The van der Waals surface area contributed by atoms with Gasteiger partial charge in [-0.2, -0.15) is 0 Å². The second kappa shape index (κ2) is 13.3. The van der Waals surface area contributed by atoms with Crippen LogP contribution in [0.2, 0.25) is 0 Å². The third kappa shape index (κ3) is 9.26. The van der Waals surface area contributed by atoms with E-state index in [1.807, 2.05) is 0 Å². The highest BCUT2D eigenvalue weighted by Crippen LogP contribution is 2.22. The second-order valence-corrected chi connectivity index (χ2v) is 6.64. The number of aliphatic hydroxyl groups excluding tert-OH is 3. The number of hydrogen-bond acceptors (Lipinski definition) is 9. The van der Waals surface area contributed by atoms with Gasteiger partial charge in [-0.3, -0.25) is 4.79 Å². The normalized spacial score (nSPS) is 28.5. The number of hydrogen-bond donors (Lipinski definition) is 5. The number of rotatable bonds is 13. The summed E-state index contributed by atoms with van der Waals surface area (Å²) in [6.07, 6.45) is -4.65. The van der Waals surface area contributed by atoms with Gasteiger partial charge >= 0.3 is 0 Å². The molecule has 0 aromatic carbocycles. The van der Waals surface area contributed by atoms with E-state index in [9.17, 15) is 20.1 Å². The van der Waals surface area contributed by atoms with Gasteiger partial charge in [-0.15, -0.1) is 0 Å². The fraction of sp³-hybridized carbons (Fsp3) is 0.941. The van der Waals surface area contributed by atoms with Gasteiger partial charge in [0.05, 0.1) is 39.6 Å². The number of carbonyl (C=O) groups excluding carboxylic acids is 1. The Bertz CT molecular complexity index is 412. The van der Waals surface area contributed by atoms with Crippen molar-refractivity contribution in [2.75, 3.05) is 46.2 Å². The Morgan fingerprint density at radius 1 is 1.07 bits per heavy atom. The summed E-state index contributed by atoms with van der Waals surface area (Å²) < 4.78 is 21.8. The summed E-state index contributed by atoms with van der Waals surface area (Å²) in [5, 5.41) is 35.0. The molecule has 5 N–H and O–H groups in total. The lowest BCUT2D eigenvalue weighted by molar-refractivity contribution is -0.272. The summed E-state index contributed by atoms with van der Waals surface area (Å²) in [5.74, 6) is -0.397. The van der Waals surface area contributed by atoms with Crippen LogP contribution in [0.25, 0.3) is 0 Å². The third-order valence-corrected chi connectivity index (χ3v) is 3.93. The fourth-order valence-corrected chi connectivity index (χ4v) is 2.58. The Kier molecular flexibility index (Phi) is 12.0. The zero-order valence-electron chi connectivity index (χ0n) is 16.3. The number of nitrogens with one attached hydrogen (secondary N) is 2. The monoisotopic (exact) mass is 394 g/mol. The topological polar surface area (TPSA) is 139 Å². The molecule has 1 amide bonds. The first kappa shape index (κ1) is 24.2. The van der Waals surface area contributed by atoms with Crippen molar-refractivity contribution in [2.45, 2.75) is 57.5 Å². The summed E-state index contributed by atoms with van der Waals surface area (Å²) in [5.41, 5.74) is 0. The molecule has 1 fully saturated rings. The predicted molar refractivity (Wildman–Crippen MR) is 96.1 cm³/mol. The lowest BCUT2D eigenvalue weighted by Crippen LogP contribution is -2.64. The minimum absolute atomic E-state index is 0.149. The lowest BCUT2D eigenvalue weighted by atomic mass is 9.97. The van der Waals surface area contributed by atoms with E-state index in [1.165, 1.54) is 6.92 Å². The van der Waals surface area contributed by atoms with E-state index in [-0.39, 0.29) is 13.2 Å². The van der Waals surface area contributed by atoms with E-state index in [2.05, 4.69) is 24.5 Å². The van der Waals surface area contributed by atoms with Crippen LogP contribution >= 0.6 is 0 Å². The van der Waals surface area contributed by atoms with E-state index in [0.717, 1.165) is 6.54 Å². The molecule has 1 heterocycles. The predicted octanol–water partition coefficient (Wildman–Crippen LogP) is -2.02. The van der Waals surface area contributed by atoms with Crippen molar-refractivity contribution in [3.05, 3.63) is 0 Å². The van der Waals surface area contributed by atoms with E-state index in [4.69, 9.17) is 18.9 Å². The Morgan fingerprint density at radius 2 is 1.70 bits per heavy atom. The van der Waals surface area contributed by atoms with Crippen molar-refractivity contribution in [2.24, 2.45) is 0 Å². The van der Waals surface area contributed by atoms with Crippen molar-refractivity contribution in [3.8, 4) is 0 Å². The average Bonchev–Trinajstić information content (AvgIpc) is 2.61. The summed E-state index contributed by atoms with van der Waals surface area (Å²) >= 11 is 0. The van der Waals surface area contributed by atoms with Crippen LogP contribution in [-0.4, -0.2) is 104 Å². The molecule has 0 aromatic rings. The van der Waals surface area contributed by atoms with Gasteiger partial charge in [-0.25, -0.2) is 0 Å². The van der Waals surface area contributed by atoms with Crippen LogP contribution in [-0.2, 0) is 23.7 Å². The first-order valence-electron chi connectivity index (χ1n) is 9.26. The van der Waals surface area contributed by atoms with Gasteiger partial charge in [0.2, 0.25) is 5.91 Å². The number of ether oxygens (including phenoxy) is 4. The van der Waals surface area contributed by atoms with Crippen LogP contribution in [0.4, 0.5) is 0 Å². The van der Waals surface area contributed by atoms with Gasteiger partial charge in [0, 0.05) is 19.5 Å². The quantitative estimate of drug-likeness (QED) is 0.224. The molecule has 0 aliphatic carbocycles. The van der Waals surface area contributed by atoms with Crippen LogP contribution in [0.3, 0.4) is 0 Å². The average molecular weight is 394 g/mol. The number of aliphatic hydroxyl groups is 3. The van der Waals surface area contributed by atoms with Crippen molar-refractivity contribution >= 4 is 5.91 Å². The molecule has 0 aromatic heterocycles. The number of amides is 1. The minimum Gasteiger partial charge on any atom is -0.394 e. The molecule has 0 saturated carbocycles. The van der Waals surface area contributed by atoms with Crippen LogP contribution in [0.1, 0.15) is 20.8 Å². The Morgan fingerprint density at radius 3 is 2.30 bits per heavy atom. The van der Waals surface area contributed by atoms with Crippen LogP contribution < -0.4 is 10.6 Å². The van der Waals surface area contributed by atoms with Gasteiger partial charge in [0.25, 0.3) is 0 Å². The highest BCUT2D eigenvalue weighted by Gasteiger charge is 2.45. The lowest BCUT2D eigenvalue weighted by Gasteiger charge is -2.42. The smallest absolute Gasteiger partial charge is 0.217 e. The van der Waals surface area contributed by atoms with Gasteiger partial charge < -0.3 is 44.9 Å². The molecular weight excluding hydrogens is 360 g/mol. The van der Waals surface area contributed by atoms with Gasteiger partial charge in [0.15, 0.2) is 6.29 Å². The molecule has 0 spiro atoms. The maximum absolute atomic E-state index is 11.3. The van der Waals surface area contributed by atoms with Gasteiger partial charge in [-0.05, 0) is 0 Å². The molecular formula is C17H34N2O8. The van der Waals surface area contributed by atoms with Crippen molar-refractivity contribution < 1.29 is 39.1 Å². The molecule has 27 heavy (non-hydrogen) atoms. The molecule has 10 heteroatoms. The maximum Gasteiger partial charge on any atom is 0.217 e. The number of carbonyl (C=O) groups is 1. The molecule has 10 nitrogen and oxygen atoms in total. The van der Waals surface area contributed by atoms with Crippen LogP contribution in [0, 0.1) is 0 Å². The molecule has 160 valence electrons. The summed E-state index contributed by atoms with van der Waals surface area (Å²) in [7, 11) is 0. The Labute approximate surface area is 160 Å². The Balaban J connectivity index is 2.24. The fourth-order valence-electron chi connectivity index (χ4n) is 2.58. The molecule has 1 saturated heterocycles. The molecule has 5 atom stereocenters. The largest absolute Gasteiger partial charge is 0.394 e. The minimum atomic E-state index is -1.33. The molecule has 0 radical (unpaired) electrons. The van der Waals surface area contributed by atoms with E-state index < -0.39 is 43.2 Å². The molecule has 0 bridgehead atoms. The van der Waals surface area contributed by atoms with Crippen LogP contribution in [0.15, 0.2) is 0 Å². The SMILES string of the molecule is CC(=O)NC1C(OCCOCCOCCNC(C)C)OC(CO)C(O)C1O. The highest BCUT2D eigenvalue weighted by atomic mass is 16.7. The van der Waals surface area contributed by atoms with E-state index in [0.29, 0.717) is 25.9 Å². The first-order valence-corrected chi connectivity index (χ1v) is 9.26. The first-order chi connectivity index (χ1) is 12.9. The van der Waals surface area contributed by atoms with E-state index in [1.54, 1.807) is 0 Å².